The fourth-order valence-electron chi connectivity index (χ4n) is 3.39. The highest BCUT2D eigenvalue weighted by Gasteiger charge is 2.37. The first-order valence-corrected chi connectivity index (χ1v) is 8.24. The summed E-state index contributed by atoms with van der Waals surface area (Å²) in [6, 6.07) is 4.06. The quantitative estimate of drug-likeness (QED) is 0.902. The van der Waals surface area contributed by atoms with Gasteiger partial charge >= 0.3 is 0 Å². The van der Waals surface area contributed by atoms with E-state index in [-0.39, 0.29) is 17.5 Å². The Bertz CT molecular complexity index is 671. The molecular weight excluding hydrogens is 288 g/mol. The van der Waals surface area contributed by atoms with Crippen LogP contribution in [0.2, 0.25) is 0 Å². The van der Waals surface area contributed by atoms with Crippen molar-refractivity contribution >= 4 is 17.7 Å². The Morgan fingerprint density at radius 3 is 2.78 bits per heavy atom. The molecule has 23 heavy (non-hydrogen) atoms. The number of nitrogens with zero attached hydrogens (tertiary/aromatic N) is 1. The zero-order valence-corrected chi connectivity index (χ0v) is 14.7. The maximum Gasteiger partial charge on any atom is 0.224 e. The van der Waals surface area contributed by atoms with E-state index in [2.05, 4.69) is 45.2 Å². The van der Waals surface area contributed by atoms with Crippen LogP contribution in [0.5, 0.6) is 5.75 Å². The number of carbonyl (C=O) groups excluding carboxylic acids is 1. The third-order valence-electron chi connectivity index (χ3n) is 4.56. The van der Waals surface area contributed by atoms with Crippen LogP contribution in [0.25, 0.3) is 6.08 Å². The molecule has 1 saturated heterocycles. The zero-order valence-electron chi connectivity index (χ0n) is 14.7. The average molecular weight is 314 g/mol. The lowest BCUT2D eigenvalue weighted by Gasteiger charge is -2.33. The van der Waals surface area contributed by atoms with E-state index in [0.29, 0.717) is 6.42 Å². The molecule has 1 atom stereocenters. The highest BCUT2D eigenvalue weighted by atomic mass is 16.5. The molecule has 4 nitrogen and oxygen atoms in total. The molecule has 2 heterocycles. The van der Waals surface area contributed by atoms with Crippen LogP contribution >= 0.6 is 0 Å². The topological polar surface area (TPSA) is 41.6 Å². The van der Waals surface area contributed by atoms with Crippen molar-refractivity contribution in [3.8, 4) is 5.75 Å². The second-order valence-corrected chi connectivity index (χ2v) is 7.71. The number of likely N-dealkylation sites (tertiary alicyclic amines) is 1. The molecule has 1 aromatic carbocycles. The number of hydrogen-bond acceptors (Lipinski definition) is 3. The Kier molecular flexibility index (Phi) is 3.86. The van der Waals surface area contributed by atoms with Gasteiger partial charge in [0.25, 0.3) is 0 Å². The molecule has 1 aromatic rings. The Labute approximate surface area is 138 Å². The Hall–Kier alpha value is -1.97. The van der Waals surface area contributed by atoms with E-state index >= 15 is 0 Å². The van der Waals surface area contributed by atoms with Gasteiger partial charge in [0, 0.05) is 18.5 Å². The van der Waals surface area contributed by atoms with Gasteiger partial charge in [0.15, 0.2) is 0 Å². The molecule has 4 heteroatoms. The molecule has 2 aliphatic rings. The second-order valence-electron chi connectivity index (χ2n) is 7.71. The predicted molar refractivity (Wildman–Crippen MR) is 93.5 cm³/mol. The van der Waals surface area contributed by atoms with Crippen molar-refractivity contribution in [2.24, 2.45) is 5.41 Å². The maximum absolute atomic E-state index is 12.7. The molecule has 124 valence electrons. The van der Waals surface area contributed by atoms with E-state index in [4.69, 9.17) is 4.74 Å². The molecular formula is C19H26N2O2. The van der Waals surface area contributed by atoms with Gasteiger partial charge in [0.05, 0.1) is 12.8 Å². The highest BCUT2D eigenvalue weighted by Crippen LogP contribution is 2.41. The van der Waals surface area contributed by atoms with Crippen molar-refractivity contribution in [2.45, 2.75) is 46.7 Å². The first-order chi connectivity index (χ1) is 10.8. The maximum atomic E-state index is 12.7. The fraction of sp³-hybridized carbons (Fsp3) is 0.526. The molecule has 0 radical (unpaired) electrons. The van der Waals surface area contributed by atoms with Crippen LogP contribution in [0.1, 0.15) is 44.7 Å². The van der Waals surface area contributed by atoms with Gasteiger partial charge < -0.3 is 15.0 Å². The summed E-state index contributed by atoms with van der Waals surface area (Å²) >= 11 is 0. The molecule has 0 aliphatic carbocycles. The minimum atomic E-state index is -0.0342. The summed E-state index contributed by atoms with van der Waals surface area (Å²) in [5, 5.41) is 3.55. The third-order valence-corrected chi connectivity index (χ3v) is 4.56. The average Bonchev–Trinajstić information content (AvgIpc) is 2.87. The highest BCUT2D eigenvalue weighted by molar-refractivity contribution is 5.84. The van der Waals surface area contributed by atoms with Gasteiger partial charge in [-0.25, -0.2) is 0 Å². The first kappa shape index (κ1) is 15.9. The van der Waals surface area contributed by atoms with Gasteiger partial charge in [-0.1, -0.05) is 26.8 Å². The number of hydrogen-bond donors (Lipinski definition) is 1. The summed E-state index contributed by atoms with van der Waals surface area (Å²) in [5.41, 5.74) is 4.69. The number of fused-ring (bicyclic) bond motifs is 2. The van der Waals surface area contributed by atoms with Gasteiger partial charge in [-0.3, -0.25) is 4.79 Å². The summed E-state index contributed by atoms with van der Waals surface area (Å²) in [4.78, 5) is 14.7. The minimum absolute atomic E-state index is 0.00437. The summed E-state index contributed by atoms with van der Waals surface area (Å²) in [5.74, 6) is 1.05. The molecule has 0 aromatic heterocycles. The lowest BCUT2D eigenvalue weighted by molar-refractivity contribution is -0.133. The van der Waals surface area contributed by atoms with Gasteiger partial charge in [-0.2, -0.15) is 0 Å². The van der Waals surface area contributed by atoms with Crippen LogP contribution in [0.4, 0.5) is 5.69 Å². The number of carbonyl (C=O) groups is 1. The number of nitrogens with one attached hydrogen (secondary N) is 1. The number of benzene rings is 1. The van der Waals surface area contributed by atoms with Crippen molar-refractivity contribution in [3.63, 3.8) is 0 Å². The number of amides is 1. The van der Waals surface area contributed by atoms with E-state index in [0.717, 1.165) is 24.4 Å². The van der Waals surface area contributed by atoms with Gasteiger partial charge in [0.1, 0.15) is 11.9 Å². The zero-order chi connectivity index (χ0) is 16.8. The number of ether oxygens (including phenoxy) is 1. The Morgan fingerprint density at radius 2 is 2.13 bits per heavy atom. The van der Waals surface area contributed by atoms with Gasteiger partial charge in [-0.15, -0.1) is 0 Å². The van der Waals surface area contributed by atoms with E-state index in [9.17, 15) is 4.79 Å². The van der Waals surface area contributed by atoms with Crippen LogP contribution in [0.15, 0.2) is 17.7 Å². The van der Waals surface area contributed by atoms with Crippen molar-refractivity contribution < 1.29 is 9.53 Å². The van der Waals surface area contributed by atoms with Crippen LogP contribution in [0, 0.1) is 12.3 Å². The Balaban J connectivity index is 1.91. The fourth-order valence-corrected chi connectivity index (χ4v) is 3.39. The minimum Gasteiger partial charge on any atom is -0.495 e. The standard InChI is InChI=1S/C19H26N2O2/c1-12-6-7-15(23-5)17-14(12)10-13-8-9-21(18(13)20-17)16(22)11-19(2,3)4/h6-7,10,18,20H,8-9,11H2,1-5H3. The molecule has 3 rings (SSSR count). The van der Waals surface area contributed by atoms with Crippen molar-refractivity contribution in [1.82, 2.24) is 4.90 Å². The molecule has 1 fully saturated rings. The van der Waals surface area contributed by atoms with Gasteiger partial charge in [0.2, 0.25) is 5.91 Å². The summed E-state index contributed by atoms with van der Waals surface area (Å²) < 4.78 is 5.50. The van der Waals surface area contributed by atoms with E-state index < -0.39 is 0 Å². The third kappa shape index (κ3) is 2.94. The molecule has 1 N–H and O–H groups in total. The number of rotatable bonds is 2. The monoisotopic (exact) mass is 314 g/mol. The van der Waals surface area contributed by atoms with Crippen molar-refractivity contribution in [3.05, 3.63) is 28.8 Å². The number of aryl methyl sites for hydroxylation is 1. The summed E-state index contributed by atoms with van der Waals surface area (Å²) in [7, 11) is 1.68. The predicted octanol–water partition coefficient (Wildman–Crippen LogP) is 3.81. The molecule has 1 amide bonds. The lowest BCUT2D eigenvalue weighted by Crippen LogP contribution is -2.43. The first-order valence-electron chi connectivity index (χ1n) is 8.24. The summed E-state index contributed by atoms with van der Waals surface area (Å²) in [6.45, 7) is 9.21. The second kappa shape index (κ2) is 5.59. The molecule has 0 spiro atoms. The molecule has 1 unspecified atom stereocenters. The van der Waals surface area contributed by atoms with Crippen molar-refractivity contribution in [1.29, 1.82) is 0 Å². The number of anilines is 1. The molecule has 0 bridgehead atoms. The van der Waals surface area contributed by atoms with Crippen LogP contribution in [-0.4, -0.2) is 30.6 Å². The van der Waals surface area contributed by atoms with Crippen molar-refractivity contribution in [2.75, 3.05) is 19.0 Å². The van der Waals surface area contributed by atoms with Crippen LogP contribution in [-0.2, 0) is 4.79 Å². The largest absolute Gasteiger partial charge is 0.495 e. The lowest BCUT2D eigenvalue weighted by atomic mass is 9.91. The van der Waals surface area contributed by atoms with Crippen LogP contribution < -0.4 is 10.1 Å². The van der Waals surface area contributed by atoms with E-state index in [1.807, 2.05) is 11.0 Å². The van der Waals surface area contributed by atoms with E-state index in [1.165, 1.54) is 16.7 Å². The Morgan fingerprint density at radius 1 is 1.39 bits per heavy atom. The SMILES string of the molecule is COc1ccc(C)c2c1NC1C(=C2)CCN1C(=O)CC(C)(C)C. The smallest absolute Gasteiger partial charge is 0.224 e. The number of methoxy groups -OCH3 is 1. The summed E-state index contributed by atoms with van der Waals surface area (Å²) in [6.07, 6.45) is 3.70. The molecule has 2 aliphatic heterocycles. The van der Waals surface area contributed by atoms with E-state index in [1.54, 1.807) is 7.11 Å². The normalized spacial score (nSPS) is 19.6. The van der Waals surface area contributed by atoms with Gasteiger partial charge in [-0.05, 0) is 42.0 Å². The molecule has 0 saturated carbocycles. The van der Waals surface area contributed by atoms with Crippen LogP contribution in [0.3, 0.4) is 0 Å².